The van der Waals surface area contributed by atoms with Crippen LogP contribution in [0.25, 0.3) is 127 Å². The summed E-state index contributed by atoms with van der Waals surface area (Å²) in [5.74, 6) is 1.63. The van der Waals surface area contributed by atoms with Gasteiger partial charge in [0.05, 0.1) is 11.0 Å². The molecule has 0 aliphatic carbocycles. The third-order valence-electron chi connectivity index (χ3n) is 11.6. The quantitative estimate of drug-likeness (QED) is 0.169. The maximum atomic E-state index is 6.61. The zero-order valence-electron chi connectivity index (χ0n) is 30.3. The van der Waals surface area contributed by atoms with Crippen LogP contribution in [0.3, 0.4) is 0 Å². The fourth-order valence-corrected chi connectivity index (χ4v) is 9.15. The number of benzene rings is 9. The molecule has 0 radical (unpaired) electrons. The molecule has 0 amide bonds. The second-order valence-corrected chi connectivity index (χ2v) is 14.7. The van der Waals surface area contributed by atoms with E-state index in [0.717, 1.165) is 98.7 Å². The Labute approximate surface area is 324 Å². The first-order valence-corrected chi connectivity index (χ1v) is 19.1. The van der Waals surface area contributed by atoms with E-state index in [9.17, 15) is 0 Å². The van der Waals surface area contributed by atoms with Crippen molar-refractivity contribution >= 4 is 87.2 Å². The summed E-state index contributed by atoms with van der Waals surface area (Å²) in [4.78, 5) is 15.8. The van der Waals surface area contributed by atoms with Crippen molar-refractivity contribution in [2.45, 2.75) is 0 Å². The molecule has 4 aromatic heterocycles. The molecule has 0 saturated heterocycles. The van der Waals surface area contributed by atoms with E-state index in [4.69, 9.17) is 23.8 Å². The van der Waals surface area contributed by atoms with E-state index < -0.39 is 0 Å². The minimum atomic E-state index is 0.532. The molecule has 4 heterocycles. The molecule has 0 unspecified atom stereocenters. The highest BCUT2D eigenvalue weighted by molar-refractivity contribution is 6.33. The first kappa shape index (κ1) is 30.5. The highest BCUT2D eigenvalue weighted by atomic mass is 16.3. The normalized spacial score (nSPS) is 12.2. The van der Waals surface area contributed by atoms with Crippen molar-refractivity contribution in [3.63, 3.8) is 0 Å². The lowest BCUT2D eigenvalue weighted by Crippen LogP contribution is -2.06. The van der Waals surface area contributed by atoms with Crippen LogP contribution in [0.1, 0.15) is 0 Å². The predicted octanol–water partition coefficient (Wildman–Crippen LogP) is 13.5. The molecule has 13 aromatic rings. The molecule has 57 heavy (non-hydrogen) atoms. The second kappa shape index (κ2) is 11.4. The lowest BCUT2D eigenvalue weighted by atomic mass is 9.93. The summed E-state index contributed by atoms with van der Waals surface area (Å²) in [6.45, 7) is 0. The number of rotatable bonds is 4. The Kier molecular flexibility index (Phi) is 6.07. The fourth-order valence-electron chi connectivity index (χ4n) is 9.15. The number of para-hydroxylation sites is 2. The SMILES string of the molecule is c1ccc(-c2cccc3oc4cc(-c5nc(-c6cc7oc8cccc9c%10ccccc%10c(c6)c7c89)nc(-n6c7ccccc7c7ccccc76)n5)ccc4c23)cc1. The Morgan fingerprint density at radius 2 is 0.912 bits per heavy atom. The Hall–Kier alpha value is -7.83. The van der Waals surface area contributed by atoms with Crippen molar-refractivity contribution in [2.24, 2.45) is 0 Å². The molecule has 0 aliphatic rings. The number of hydrogen-bond donors (Lipinski definition) is 0. The van der Waals surface area contributed by atoms with Gasteiger partial charge < -0.3 is 8.83 Å². The maximum Gasteiger partial charge on any atom is 0.238 e. The van der Waals surface area contributed by atoms with Crippen LogP contribution in [0.5, 0.6) is 0 Å². The number of furan rings is 2. The average Bonchev–Trinajstić information content (AvgIpc) is 3.95. The molecular formula is C51H28N4O2. The van der Waals surface area contributed by atoms with Gasteiger partial charge in [-0.15, -0.1) is 0 Å². The summed E-state index contributed by atoms with van der Waals surface area (Å²) in [5, 5.41) is 11.3. The van der Waals surface area contributed by atoms with E-state index in [1.54, 1.807) is 0 Å². The summed E-state index contributed by atoms with van der Waals surface area (Å²) in [5.41, 5.74) is 9.27. The van der Waals surface area contributed by atoms with Gasteiger partial charge in [-0.05, 0) is 81.2 Å². The maximum absolute atomic E-state index is 6.61. The van der Waals surface area contributed by atoms with Gasteiger partial charge in [0.1, 0.15) is 22.3 Å². The van der Waals surface area contributed by atoms with Gasteiger partial charge in [0.2, 0.25) is 5.95 Å². The van der Waals surface area contributed by atoms with Crippen molar-refractivity contribution in [1.82, 2.24) is 19.5 Å². The van der Waals surface area contributed by atoms with Crippen molar-refractivity contribution in [2.75, 3.05) is 0 Å². The Morgan fingerprint density at radius 3 is 1.68 bits per heavy atom. The number of aromatic nitrogens is 4. The van der Waals surface area contributed by atoms with Crippen LogP contribution in [0, 0.1) is 0 Å². The van der Waals surface area contributed by atoms with Crippen LogP contribution < -0.4 is 0 Å². The zero-order chi connectivity index (χ0) is 37.2. The number of hydrogen-bond acceptors (Lipinski definition) is 5. The van der Waals surface area contributed by atoms with E-state index in [1.807, 2.05) is 12.1 Å². The monoisotopic (exact) mass is 728 g/mol. The van der Waals surface area contributed by atoms with Crippen LogP contribution >= 0.6 is 0 Å². The summed E-state index contributed by atoms with van der Waals surface area (Å²) in [6.07, 6.45) is 0. The largest absolute Gasteiger partial charge is 0.456 e. The molecule has 9 aromatic carbocycles. The standard InChI is InChI=1S/C51H28N4O2/c1-2-12-29(13-3-1)32-18-10-22-42-46(32)38-25-24-30(27-44(38)56-42)49-52-50(54-51(53-49)55-40-20-8-6-16-35(40)36-17-7-9-21-41(36)55)31-26-39-34-15-5-4-14-33(34)37-19-11-23-43-47(37)48(39)45(28-31)57-43/h1-28H. The van der Waals surface area contributed by atoms with Crippen LogP contribution in [-0.2, 0) is 0 Å². The lowest BCUT2D eigenvalue weighted by Gasteiger charge is -2.12. The van der Waals surface area contributed by atoms with Gasteiger partial charge in [-0.2, -0.15) is 9.97 Å². The first-order valence-electron chi connectivity index (χ1n) is 19.1. The third kappa shape index (κ3) is 4.32. The van der Waals surface area contributed by atoms with E-state index in [1.165, 1.54) is 10.8 Å². The van der Waals surface area contributed by atoms with Crippen molar-refractivity contribution in [3.8, 4) is 39.9 Å². The molecule has 0 atom stereocenters. The molecule has 264 valence electrons. The average molecular weight is 729 g/mol. The molecule has 6 nitrogen and oxygen atoms in total. The summed E-state index contributed by atoms with van der Waals surface area (Å²) in [6, 6.07) is 59.0. The zero-order valence-corrected chi connectivity index (χ0v) is 30.3. The molecule has 6 heteroatoms. The second-order valence-electron chi connectivity index (χ2n) is 14.7. The highest BCUT2D eigenvalue weighted by Crippen LogP contribution is 2.44. The van der Waals surface area contributed by atoms with Gasteiger partial charge in [0.15, 0.2) is 11.6 Å². The van der Waals surface area contributed by atoms with Crippen molar-refractivity contribution in [1.29, 1.82) is 0 Å². The van der Waals surface area contributed by atoms with Crippen LogP contribution in [0.15, 0.2) is 179 Å². The summed E-state index contributed by atoms with van der Waals surface area (Å²) >= 11 is 0. The predicted molar refractivity (Wildman–Crippen MR) is 231 cm³/mol. The molecule has 0 bridgehead atoms. The molecule has 0 aliphatic heterocycles. The van der Waals surface area contributed by atoms with Gasteiger partial charge >= 0.3 is 0 Å². The van der Waals surface area contributed by atoms with Gasteiger partial charge in [-0.3, -0.25) is 4.57 Å². The van der Waals surface area contributed by atoms with Gasteiger partial charge in [0.25, 0.3) is 0 Å². The first-order chi connectivity index (χ1) is 28.2. The van der Waals surface area contributed by atoms with Crippen LogP contribution in [0.4, 0.5) is 0 Å². The molecule has 0 saturated carbocycles. The van der Waals surface area contributed by atoms with Gasteiger partial charge in [-0.25, -0.2) is 4.98 Å². The Balaban J connectivity index is 1.09. The molecule has 0 N–H and O–H groups in total. The van der Waals surface area contributed by atoms with Crippen LogP contribution in [0.2, 0.25) is 0 Å². The summed E-state index contributed by atoms with van der Waals surface area (Å²) in [7, 11) is 0. The Morgan fingerprint density at radius 1 is 0.333 bits per heavy atom. The van der Waals surface area contributed by atoms with Crippen LogP contribution in [-0.4, -0.2) is 19.5 Å². The third-order valence-corrected chi connectivity index (χ3v) is 11.6. The van der Waals surface area contributed by atoms with Crippen molar-refractivity contribution < 1.29 is 8.83 Å². The lowest BCUT2D eigenvalue weighted by molar-refractivity contribution is 0.669. The van der Waals surface area contributed by atoms with Gasteiger partial charge in [-0.1, -0.05) is 121 Å². The van der Waals surface area contributed by atoms with E-state index in [2.05, 4.69) is 162 Å². The minimum Gasteiger partial charge on any atom is -0.456 e. The highest BCUT2D eigenvalue weighted by Gasteiger charge is 2.22. The molecule has 0 spiro atoms. The number of nitrogens with zero attached hydrogens (tertiary/aromatic N) is 4. The molecule has 0 fully saturated rings. The summed E-state index contributed by atoms with van der Waals surface area (Å²) < 4.78 is 15.3. The van der Waals surface area contributed by atoms with Gasteiger partial charge in [0, 0.05) is 43.4 Å². The minimum absolute atomic E-state index is 0.532. The number of fused-ring (bicyclic) bond motifs is 9. The molecular weight excluding hydrogens is 701 g/mol. The van der Waals surface area contributed by atoms with E-state index in [-0.39, 0.29) is 0 Å². The van der Waals surface area contributed by atoms with Crippen molar-refractivity contribution in [3.05, 3.63) is 170 Å². The van der Waals surface area contributed by atoms with E-state index in [0.29, 0.717) is 17.6 Å². The Bertz CT molecular complexity index is 3710. The van der Waals surface area contributed by atoms with E-state index >= 15 is 0 Å². The topological polar surface area (TPSA) is 69.9 Å². The molecule has 13 rings (SSSR count). The fraction of sp³-hybridized carbons (Fsp3) is 0. The smallest absolute Gasteiger partial charge is 0.238 e.